The van der Waals surface area contributed by atoms with E-state index in [0.717, 1.165) is 16.8 Å². The molecule has 0 bridgehead atoms. The van der Waals surface area contributed by atoms with Crippen molar-refractivity contribution in [2.45, 2.75) is 0 Å². The molecule has 21 heavy (non-hydrogen) atoms. The van der Waals surface area contributed by atoms with E-state index in [1.165, 1.54) is 11.0 Å². The van der Waals surface area contributed by atoms with Crippen LogP contribution in [0.15, 0.2) is 60.0 Å². The second-order valence-corrected chi connectivity index (χ2v) is 4.57. The Hall–Kier alpha value is -3.22. The number of fused-ring (bicyclic) bond motifs is 1. The van der Waals surface area contributed by atoms with E-state index in [1.54, 1.807) is 6.33 Å². The first-order chi connectivity index (χ1) is 10.3. The van der Waals surface area contributed by atoms with Crippen molar-refractivity contribution < 1.29 is 0 Å². The van der Waals surface area contributed by atoms with E-state index in [9.17, 15) is 4.79 Å². The Morgan fingerprint density at radius 3 is 2.90 bits per heavy atom. The first-order valence-corrected chi connectivity index (χ1v) is 6.34. The lowest BCUT2D eigenvalue weighted by atomic mass is 10.1. The van der Waals surface area contributed by atoms with E-state index in [0.29, 0.717) is 5.69 Å². The van der Waals surface area contributed by atoms with Crippen molar-refractivity contribution >= 4 is 5.65 Å². The summed E-state index contributed by atoms with van der Waals surface area (Å²) >= 11 is 0. The van der Waals surface area contributed by atoms with Crippen LogP contribution in [-0.2, 0) is 0 Å². The number of benzene rings is 1. The SMILES string of the molecule is O=c1[nH]cnn1-c1cccc(-c2ccc3nncn3c2)c1. The quantitative estimate of drug-likeness (QED) is 0.598. The number of hydrogen-bond donors (Lipinski definition) is 1. The molecule has 0 radical (unpaired) electrons. The van der Waals surface area contributed by atoms with Gasteiger partial charge in [-0.2, -0.15) is 9.78 Å². The Bertz CT molecular complexity index is 980. The average Bonchev–Trinajstić information content (AvgIpc) is 3.15. The summed E-state index contributed by atoms with van der Waals surface area (Å²) in [5.41, 5.74) is 3.23. The smallest absolute Gasteiger partial charge is 0.295 e. The molecule has 0 aliphatic rings. The number of pyridine rings is 1. The van der Waals surface area contributed by atoms with Crippen molar-refractivity contribution in [3.63, 3.8) is 0 Å². The third-order valence-electron chi connectivity index (χ3n) is 3.27. The van der Waals surface area contributed by atoms with Crippen molar-refractivity contribution in [1.82, 2.24) is 29.4 Å². The highest BCUT2D eigenvalue weighted by Gasteiger charge is 2.05. The molecule has 7 nitrogen and oxygen atoms in total. The summed E-state index contributed by atoms with van der Waals surface area (Å²) in [4.78, 5) is 14.2. The zero-order valence-corrected chi connectivity index (χ0v) is 10.8. The van der Waals surface area contributed by atoms with E-state index in [2.05, 4.69) is 20.3 Å². The highest BCUT2D eigenvalue weighted by atomic mass is 16.1. The molecule has 1 aromatic carbocycles. The van der Waals surface area contributed by atoms with Gasteiger partial charge in [-0.05, 0) is 35.4 Å². The molecule has 0 spiro atoms. The van der Waals surface area contributed by atoms with Crippen LogP contribution in [-0.4, -0.2) is 29.4 Å². The summed E-state index contributed by atoms with van der Waals surface area (Å²) in [6.07, 6.45) is 4.97. The van der Waals surface area contributed by atoms with Crippen LogP contribution >= 0.6 is 0 Å². The first kappa shape index (κ1) is 11.6. The predicted octanol–water partition coefficient (Wildman–Crippen LogP) is 1.27. The maximum atomic E-state index is 11.6. The highest BCUT2D eigenvalue weighted by Crippen LogP contribution is 2.21. The largest absolute Gasteiger partial charge is 0.347 e. The molecule has 7 heteroatoms. The second kappa shape index (κ2) is 4.41. The molecule has 1 N–H and O–H groups in total. The van der Waals surface area contributed by atoms with Gasteiger partial charge < -0.3 is 0 Å². The molecule has 0 saturated heterocycles. The minimum Gasteiger partial charge on any atom is -0.295 e. The molecule has 0 aliphatic carbocycles. The van der Waals surface area contributed by atoms with Gasteiger partial charge in [0.1, 0.15) is 12.7 Å². The van der Waals surface area contributed by atoms with Crippen LogP contribution in [0.3, 0.4) is 0 Å². The first-order valence-electron chi connectivity index (χ1n) is 6.34. The molecule has 4 aromatic rings. The van der Waals surface area contributed by atoms with Gasteiger partial charge in [-0.1, -0.05) is 12.1 Å². The van der Waals surface area contributed by atoms with Crippen LogP contribution in [0.1, 0.15) is 0 Å². The average molecular weight is 278 g/mol. The van der Waals surface area contributed by atoms with Crippen molar-refractivity contribution in [3.05, 3.63) is 65.7 Å². The predicted molar refractivity (Wildman–Crippen MR) is 76.2 cm³/mol. The van der Waals surface area contributed by atoms with E-state index in [1.807, 2.05) is 47.0 Å². The molecule has 0 aliphatic heterocycles. The summed E-state index contributed by atoms with van der Waals surface area (Å²) in [7, 11) is 0. The van der Waals surface area contributed by atoms with Crippen LogP contribution < -0.4 is 5.69 Å². The number of aromatic nitrogens is 6. The molecule has 0 saturated carbocycles. The third kappa shape index (κ3) is 1.91. The molecule has 0 fully saturated rings. The minimum absolute atomic E-state index is 0.263. The van der Waals surface area contributed by atoms with Gasteiger partial charge in [0.2, 0.25) is 0 Å². The van der Waals surface area contributed by atoms with Crippen LogP contribution in [0.2, 0.25) is 0 Å². The number of hydrogen-bond acceptors (Lipinski definition) is 4. The van der Waals surface area contributed by atoms with E-state index < -0.39 is 0 Å². The van der Waals surface area contributed by atoms with Crippen LogP contribution in [0, 0.1) is 0 Å². The van der Waals surface area contributed by atoms with Gasteiger partial charge in [0, 0.05) is 6.20 Å². The normalized spacial score (nSPS) is 11.0. The van der Waals surface area contributed by atoms with Gasteiger partial charge in [-0.15, -0.1) is 10.2 Å². The topological polar surface area (TPSA) is 80.9 Å². The Morgan fingerprint density at radius 2 is 2.05 bits per heavy atom. The summed E-state index contributed by atoms with van der Waals surface area (Å²) < 4.78 is 3.17. The van der Waals surface area contributed by atoms with Gasteiger partial charge >= 0.3 is 5.69 Å². The molecular weight excluding hydrogens is 268 g/mol. The van der Waals surface area contributed by atoms with Crippen LogP contribution in [0.4, 0.5) is 0 Å². The van der Waals surface area contributed by atoms with E-state index in [-0.39, 0.29) is 5.69 Å². The lowest BCUT2D eigenvalue weighted by Gasteiger charge is -2.05. The monoisotopic (exact) mass is 278 g/mol. The molecule has 0 atom stereocenters. The van der Waals surface area contributed by atoms with E-state index >= 15 is 0 Å². The fourth-order valence-corrected chi connectivity index (χ4v) is 2.25. The Balaban J connectivity index is 1.85. The van der Waals surface area contributed by atoms with Crippen LogP contribution in [0.5, 0.6) is 0 Å². The fourth-order valence-electron chi connectivity index (χ4n) is 2.25. The van der Waals surface area contributed by atoms with Crippen molar-refractivity contribution in [3.8, 4) is 16.8 Å². The summed E-state index contributed by atoms with van der Waals surface area (Å²) in [5.74, 6) is 0. The number of nitrogens with one attached hydrogen (secondary N) is 1. The third-order valence-corrected chi connectivity index (χ3v) is 3.27. The summed E-state index contributed by atoms with van der Waals surface area (Å²) in [5, 5.41) is 11.8. The zero-order chi connectivity index (χ0) is 14.2. The molecular formula is C14H10N6O. The van der Waals surface area contributed by atoms with Gasteiger partial charge in [0.15, 0.2) is 5.65 Å². The maximum absolute atomic E-state index is 11.6. The van der Waals surface area contributed by atoms with Gasteiger partial charge in [0.25, 0.3) is 0 Å². The zero-order valence-electron chi connectivity index (χ0n) is 10.8. The highest BCUT2D eigenvalue weighted by molar-refractivity contribution is 5.66. The number of rotatable bonds is 2. The Kier molecular flexibility index (Phi) is 2.43. The van der Waals surface area contributed by atoms with Crippen molar-refractivity contribution in [2.75, 3.05) is 0 Å². The van der Waals surface area contributed by atoms with Gasteiger partial charge in [0.05, 0.1) is 5.69 Å². The molecule has 4 rings (SSSR count). The lowest BCUT2D eigenvalue weighted by Crippen LogP contribution is -2.15. The summed E-state index contributed by atoms with van der Waals surface area (Å²) in [6, 6.07) is 11.5. The second-order valence-electron chi connectivity index (χ2n) is 4.57. The Labute approximate surface area is 118 Å². The molecule has 0 amide bonds. The van der Waals surface area contributed by atoms with Crippen LogP contribution in [0.25, 0.3) is 22.5 Å². The Morgan fingerprint density at radius 1 is 1.10 bits per heavy atom. The molecule has 3 heterocycles. The van der Waals surface area contributed by atoms with Gasteiger partial charge in [-0.3, -0.25) is 9.38 Å². The summed E-state index contributed by atoms with van der Waals surface area (Å²) in [6.45, 7) is 0. The standard InChI is InChI=1S/C14H10N6O/c21-14-15-8-17-20(14)12-3-1-2-10(6-12)11-4-5-13-18-16-9-19(13)7-11/h1-9H,(H,15,17,21). The molecule has 3 aromatic heterocycles. The maximum Gasteiger partial charge on any atom is 0.347 e. The van der Waals surface area contributed by atoms with Gasteiger partial charge in [-0.25, -0.2) is 4.79 Å². The fraction of sp³-hybridized carbons (Fsp3) is 0. The number of H-pyrrole nitrogens is 1. The molecule has 102 valence electrons. The lowest BCUT2D eigenvalue weighted by molar-refractivity contribution is 0.843. The van der Waals surface area contributed by atoms with Crippen molar-refractivity contribution in [1.29, 1.82) is 0 Å². The van der Waals surface area contributed by atoms with E-state index in [4.69, 9.17) is 0 Å². The minimum atomic E-state index is -0.263. The number of nitrogens with zero attached hydrogens (tertiary/aromatic N) is 5. The molecule has 0 unspecified atom stereocenters. The van der Waals surface area contributed by atoms with Crippen molar-refractivity contribution in [2.24, 2.45) is 0 Å². The number of aromatic amines is 1.